The van der Waals surface area contributed by atoms with Crippen LogP contribution in [0.25, 0.3) is 0 Å². The summed E-state index contributed by atoms with van der Waals surface area (Å²) in [6, 6.07) is 0. The zero-order chi connectivity index (χ0) is 12.4. The topological polar surface area (TPSA) is 44.1 Å². The lowest BCUT2D eigenvalue weighted by molar-refractivity contribution is -0.135. The van der Waals surface area contributed by atoms with Crippen LogP contribution in [0, 0.1) is 19.8 Å². The van der Waals surface area contributed by atoms with Crippen molar-refractivity contribution in [2.24, 2.45) is 13.0 Å². The first-order valence-electron chi connectivity index (χ1n) is 5.95. The molecular weight excluding hydrogens is 216 g/mol. The standard InChI is InChI=1S/C13H18N2O2/c1-9-13(10(2)15(3)14-9)17-12(16)8-11-6-4-5-7-11/h4,6,11H,5,7-8H2,1-3H3/t11-/m1/s1. The van der Waals surface area contributed by atoms with Gasteiger partial charge in [0.25, 0.3) is 0 Å². The third-order valence-corrected chi connectivity index (χ3v) is 3.20. The van der Waals surface area contributed by atoms with Crippen LogP contribution in [0.15, 0.2) is 12.2 Å². The Morgan fingerprint density at radius 2 is 2.35 bits per heavy atom. The number of rotatable bonds is 3. The normalized spacial score (nSPS) is 18.6. The van der Waals surface area contributed by atoms with E-state index in [1.807, 2.05) is 20.9 Å². The second kappa shape index (κ2) is 4.73. The average molecular weight is 234 g/mol. The highest BCUT2D eigenvalue weighted by Crippen LogP contribution is 2.24. The molecule has 0 amide bonds. The van der Waals surface area contributed by atoms with E-state index in [1.165, 1.54) is 0 Å². The first kappa shape index (κ1) is 11.9. The summed E-state index contributed by atoms with van der Waals surface area (Å²) in [5.74, 6) is 0.792. The van der Waals surface area contributed by atoms with E-state index in [0.717, 1.165) is 24.2 Å². The van der Waals surface area contributed by atoms with Gasteiger partial charge >= 0.3 is 5.97 Å². The molecule has 1 heterocycles. The summed E-state index contributed by atoms with van der Waals surface area (Å²) < 4.78 is 7.13. The lowest BCUT2D eigenvalue weighted by Crippen LogP contribution is -2.12. The molecule has 92 valence electrons. The van der Waals surface area contributed by atoms with Crippen molar-refractivity contribution >= 4 is 5.97 Å². The van der Waals surface area contributed by atoms with Crippen molar-refractivity contribution in [2.45, 2.75) is 33.1 Å². The molecule has 0 spiro atoms. The molecular formula is C13H18N2O2. The van der Waals surface area contributed by atoms with Crippen LogP contribution < -0.4 is 4.74 Å². The summed E-state index contributed by atoms with van der Waals surface area (Å²) in [5.41, 5.74) is 1.65. The molecule has 1 aliphatic carbocycles. The average Bonchev–Trinajstić information content (AvgIpc) is 2.83. The van der Waals surface area contributed by atoms with Crippen molar-refractivity contribution in [3.63, 3.8) is 0 Å². The molecule has 17 heavy (non-hydrogen) atoms. The first-order chi connectivity index (χ1) is 8.08. The lowest BCUT2D eigenvalue weighted by atomic mass is 10.1. The van der Waals surface area contributed by atoms with Crippen molar-refractivity contribution in [3.8, 4) is 5.75 Å². The number of ether oxygens (including phenoxy) is 1. The van der Waals surface area contributed by atoms with Crippen LogP contribution in [0.1, 0.15) is 30.7 Å². The molecule has 1 atom stereocenters. The molecule has 0 N–H and O–H groups in total. The third kappa shape index (κ3) is 2.57. The van der Waals surface area contributed by atoms with E-state index in [9.17, 15) is 4.79 Å². The lowest BCUT2D eigenvalue weighted by Gasteiger charge is -2.07. The Kier molecular flexibility index (Phi) is 3.31. The van der Waals surface area contributed by atoms with Crippen molar-refractivity contribution < 1.29 is 9.53 Å². The van der Waals surface area contributed by atoms with Crippen molar-refractivity contribution in [1.82, 2.24) is 9.78 Å². The quantitative estimate of drug-likeness (QED) is 0.595. The number of hydrogen-bond acceptors (Lipinski definition) is 3. The fraction of sp³-hybridized carbons (Fsp3) is 0.538. The molecule has 0 fully saturated rings. The predicted molar refractivity (Wildman–Crippen MR) is 64.8 cm³/mol. The van der Waals surface area contributed by atoms with E-state index < -0.39 is 0 Å². The molecule has 0 unspecified atom stereocenters. The van der Waals surface area contributed by atoms with Gasteiger partial charge in [-0.15, -0.1) is 0 Å². The second-order valence-electron chi connectivity index (χ2n) is 4.57. The second-order valence-corrected chi connectivity index (χ2v) is 4.57. The molecule has 1 aromatic rings. The van der Waals surface area contributed by atoms with Gasteiger partial charge in [0.2, 0.25) is 0 Å². The molecule has 0 saturated heterocycles. The van der Waals surface area contributed by atoms with Gasteiger partial charge in [0.15, 0.2) is 5.75 Å². The molecule has 0 radical (unpaired) electrons. The number of carbonyl (C=O) groups excluding carboxylic acids is 1. The fourth-order valence-electron chi connectivity index (χ4n) is 2.14. The Labute approximate surface area is 101 Å². The minimum absolute atomic E-state index is 0.166. The van der Waals surface area contributed by atoms with Gasteiger partial charge in [0.05, 0.1) is 12.1 Å². The number of hydrogen-bond donors (Lipinski definition) is 0. The van der Waals surface area contributed by atoms with Crippen molar-refractivity contribution in [2.75, 3.05) is 0 Å². The summed E-state index contributed by atoms with van der Waals surface area (Å²) in [6.45, 7) is 3.75. The first-order valence-corrected chi connectivity index (χ1v) is 5.95. The number of carbonyl (C=O) groups is 1. The van der Waals surface area contributed by atoms with Gasteiger partial charge in [0.1, 0.15) is 5.69 Å². The molecule has 0 aliphatic heterocycles. The molecule has 0 aromatic carbocycles. The van der Waals surface area contributed by atoms with E-state index in [2.05, 4.69) is 17.3 Å². The van der Waals surface area contributed by atoms with E-state index in [0.29, 0.717) is 18.1 Å². The number of allylic oxidation sites excluding steroid dienone is 2. The van der Waals surface area contributed by atoms with Crippen LogP contribution in [0.3, 0.4) is 0 Å². The van der Waals surface area contributed by atoms with Gasteiger partial charge < -0.3 is 4.74 Å². The Bertz CT molecular complexity index is 460. The summed E-state index contributed by atoms with van der Waals surface area (Å²) in [7, 11) is 1.85. The number of nitrogens with zero attached hydrogens (tertiary/aromatic N) is 2. The van der Waals surface area contributed by atoms with Gasteiger partial charge in [-0.25, -0.2) is 0 Å². The predicted octanol–water partition coefficient (Wildman–Crippen LogP) is 2.30. The van der Waals surface area contributed by atoms with Gasteiger partial charge in [-0.3, -0.25) is 9.48 Å². The van der Waals surface area contributed by atoms with Crippen LogP contribution in [0.4, 0.5) is 0 Å². The Balaban J connectivity index is 2.00. The zero-order valence-corrected chi connectivity index (χ0v) is 10.6. The SMILES string of the molecule is Cc1nn(C)c(C)c1OC(=O)C[C@@H]1C=CCC1. The summed E-state index contributed by atoms with van der Waals surface area (Å²) in [5, 5.41) is 4.22. The summed E-state index contributed by atoms with van der Waals surface area (Å²) in [4.78, 5) is 11.8. The molecule has 1 aliphatic rings. The molecule has 4 nitrogen and oxygen atoms in total. The smallest absolute Gasteiger partial charge is 0.311 e. The maximum absolute atomic E-state index is 11.8. The number of aromatic nitrogens is 2. The highest BCUT2D eigenvalue weighted by Gasteiger charge is 2.19. The Hall–Kier alpha value is -1.58. The van der Waals surface area contributed by atoms with E-state index in [-0.39, 0.29) is 5.97 Å². The van der Waals surface area contributed by atoms with Crippen LogP contribution in [-0.2, 0) is 11.8 Å². The van der Waals surface area contributed by atoms with Crippen LogP contribution in [0.5, 0.6) is 5.75 Å². The third-order valence-electron chi connectivity index (χ3n) is 3.20. The number of aryl methyl sites for hydroxylation is 2. The van der Waals surface area contributed by atoms with Gasteiger partial charge in [-0.05, 0) is 32.6 Å². The molecule has 0 bridgehead atoms. The minimum Gasteiger partial charge on any atom is -0.423 e. The highest BCUT2D eigenvalue weighted by atomic mass is 16.5. The van der Waals surface area contributed by atoms with Crippen molar-refractivity contribution in [1.29, 1.82) is 0 Å². The summed E-state index contributed by atoms with van der Waals surface area (Å²) >= 11 is 0. The maximum Gasteiger partial charge on any atom is 0.311 e. The van der Waals surface area contributed by atoms with Crippen LogP contribution >= 0.6 is 0 Å². The molecule has 2 rings (SSSR count). The van der Waals surface area contributed by atoms with Crippen LogP contribution in [0.2, 0.25) is 0 Å². The van der Waals surface area contributed by atoms with E-state index in [4.69, 9.17) is 4.74 Å². The molecule has 1 aromatic heterocycles. The van der Waals surface area contributed by atoms with E-state index in [1.54, 1.807) is 4.68 Å². The highest BCUT2D eigenvalue weighted by molar-refractivity contribution is 5.73. The number of esters is 1. The van der Waals surface area contributed by atoms with Gasteiger partial charge in [-0.1, -0.05) is 12.2 Å². The molecule has 0 saturated carbocycles. The zero-order valence-electron chi connectivity index (χ0n) is 10.6. The summed E-state index contributed by atoms with van der Waals surface area (Å²) in [6.07, 6.45) is 6.82. The van der Waals surface area contributed by atoms with Gasteiger partial charge in [-0.2, -0.15) is 5.10 Å². The maximum atomic E-state index is 11.8. The Morgan fingerprint density at radius 1 is 1.59 bits per heavy atom. The largest absolute Gasteiger partial charge is 0.423 e. The van der Waals surface area contributed by atoms with Crippen molar-refractivity contribution in [3.05, 3.63) is 23.5 Å². The van der Waals surface area contributed by atoms with E-state index >= 15 is 0 Å². The monoisotopic (exact) mass is 234 g/mol. The van der Waals surface area contributed by atoms with Gasteiger partial charge in [0, 0.05) is 7.05 Å². The molecule has 4 heteroatoms. The van der Waals surface area contributed by atoms with Crippen LogP contribution in [-0.4, -0.2) is 15.7 Å². The minimum atomic E-state index is -0.166. The Morgan fingerprint density at radius 3 is 2.88 bits per heavy atom. The fourth-order valence-corrected chi connectivity index (χ4v) is 2.14.